The van der Waals surface area contributed by atoms with Crippen LogP contribution in [-0.2, 0) is 16.6 Å². The largest absolute Gasteiger partial charge is 0.468 e. The predicted molar refractivity (Wildman–Crippen MR) is 105 cm³/mol. The summed E-state index contributed by atoms with van der Waals surface area (Å²) in [6.07, 6.45) is 1.48. The van der Waals surface area contributed by atoms with Gasteiger partial charge in [-0.2, -0.15) is 5.10 Å². The number of sulfonamides is 1. The zero-order valence-corrected chi connectivity index (χ0v) is 15.9. The lowest BCUT2D eigenvalue weighted by Gasteiger charge is -2.07. The Bertz CT molecular complexity index is 1060. The average molecular weight is 397 g/mol. The van der Waals surface area contributed by atoms with Gasteiger partial charge in [0.15, 0.2) is 0 Å². The molecule has 3 aromatic rings. The fourth-order valence-electron chi connectivity index (χ4n) is 2.39. The van der Waals surface area contributed by atoms with Crippen LogP contribution in [0.1, 0.15) is 28.6 Å². The van der Waals surface area contributed by atoms with Gasteiger partial charge in [0.1, 0.15) is 5.76 Å². The number of nitrogens with zero attached hydrogens (tertiary/aromatic N) is 1. The molecule has 144 valence electrons. The Labute approximate surface area is 163 Å². The highest BCUT2D eigenvalue weighted by atomic mass is 32.2. The van der Waals surface area contributed by atoms with E-state index in [4.69, 9.17) is 4.42 Å². The van der Waals surface area contributed by atoms with E-state index >= 15 is 0 Å². The Morgan fingerprint density at radius 2 is 1.68 bits per heavy atom. The third-order valence-electron chi connectivity index (χ3n) is 3.96. The maximum absolute atomic E-state index is 12.3. The van der Waals surface area contributed by atoms with Crippen LogP contribution < -0.4 is 10.1 Å². The predicted octanol–water partition coefficient (Wildman–Crippen LogP) is 2.91. The van der Waals surface area contributed by atoms with Crippen LogP contribution in [-0.4, -0.2) is 20.0 Å². The molecule has 0 aliphatic carbocycles. The van der Waals surface area contributed by atoms with Crippen LogP contribution in [0.25, 0.3) is 0 Å². The van der Waals surface area contributed by atoms with Crippen LogP contribution in [0.15, 0.2) is 87.4 Å². The van der Waals surface area contributed by atoms with Crippen LogP contribution in [0.4, 0.5) is 0 Å². The monoisotopic (exact) mass is 397 g/mol. The first-order chi connectivity index (χ1) is 13.5. The van der Waals surface area contributed by atoms with E-state index in [2.05, 4.69) is 15.2 Å². The van der Waals surface area contributed by atoms with Crippen LogP contribution in [0.2, 0.25) is 0 Å². The first-order valence-electron chi connectivity index (χ1n) is 8.48. The van der Waals surface area contributed by atoms with Crippen molar-refractivity contribution in [2.75, 3.05) is 0 Å². The van der Waals surface area contributed by atoms with Crippen molar-refractivity contribution in [3.8, 4) is 0 Å². The van der Waals surface area contributed by atoms with Gasteiger partial charge in [0.2, 0.25) is 10.0 Å². The van der Waals surface area contributed by atoms with E-state index in [9.17, 15) is 13.2 Å². The van der Waals surface area contributed by atoms with E-state index in [1.165, 1.54) is 18.4 Å². The second-order valence-electron chi connectivity index (χ2n) is 5.93. The van der Waals surface area contributed by atoms with Crippen LogP contribution in [0.5, 0.6) is 0 Å². The Kier molecular flexibility index (Phi) is 6.03. The number of carbonyl (C=O) groups is 1. The lowest BCUT2D eigenvalue weighted by molar-refractivity contribution is 0.0955. The number of amides is 1. The summed E-state index contributed by atoms with van der Waals surface area (Å²) in [5, 5.41) is 4.07. The Hall–Kier alpha value is -3.23. The summed E-state index contributed by atoms with van der Waals surface area (Å²) in [6.45, 7) is 1.80. The number of carbonyl (C=O) groups excluding carboxylic acids is 1. The molecule has 0 unspecified atom stereocenters. The van der Waals surface area contributed by atoms with Gasteiger partial charge in [-0.15, -0.1) is 0 Å². The van der Waals surface area contributed by atoms with E-state index in [-0.39, 0.29) is 17.3 Å². The molecule has 7 nitrogen and oxygen atoms in total. The molecule has 0 fully saturated rings. The van der Waals surface area contributed by atoms with Gasteiger partial charge in [-0.1, -0.05) is 30.3 Å². The molecule has 0 radical (unpaired) electrons. The second-order valence-corrected chi connectivity index (χ2v) is 7.70. The molecule has 0 saturated heterocycles. The van der Waals surface area contributed by atoms with Crippen molar-refractivity contribution in [3.63, 3.8) is 0 Å². The van der Waals surface area contributed by atoms with Gasteiger partial charge in [-0.25, -0.2) is 18.6 Å². The molecule has 0 aliphatic heterocycles. The summed E-state index contributed by atoms with van der Waals surface area (Å²) in [5.74, 6) is 0.207. The summed E-state index contributed by atoms with van der Waals surface area (Å²) in [7, 11) is -3.66. The molecule has 1 amide bonds. The van der Waals surface area contributed by atoms with Gasteiger partial charge < -0.3 is 4.42 Å². The summed E-state index contributed by atoms with van der Waals surface area (Å²) in [5.41, 5.74) is 4.23. The molecular weight excluding hydrogens is 378 g/mol. The topological polar surface area (TPSA) is 101 Å². The molecule has 28 heavy (non-hydrogen) atoms. The number of hydrogen-bond acceptors (Lipinski definition) is 5. The van der Waals surface area contributed by atoms with Gasteiger partial charge >= 0.3 is 0 Å². The van der Waals surface area contributed by atoms with Crippen molar-refractivity contribution in [1.29, 1.82) is 0 Å². The van der Waals surface area contributed by atoms with Crippen LogP contribution >= 0.6 is 0 Å². The van der Waals surface area contributed by atoms with Gasteiger partial charge in [-0.3, -0.25) is 4.79 Å². The van der Waals surface area contributed by atoms with Crippen molar-refractivity contribution in [1.82, 2.24) is 10.1 Å². The highest BCUT2D eigenvalue weighted by molar-refractivity contribution is 7.89. The quantitative estimate of drug-likeness (QED) is 0.473. The first kappa shape index (κ1) is 19.5. The maximum atomic E-state index is 12.3. The molecule has 0 spiro atoms. The van der Waals surface area contributed by atoms with Crippen LogP contribution in [0, 0.1) is 0 Å². The number of benzene rings is 2. The highest BCUT2D eigenvalue weighted by Gasteiger charge is 2.14. The lowest BCUT2D eigenvalue weighted by Crippen LogP contribution is -2.23. The molecule has 0 saturated carbocycles. The third-order valence-corrected chi connectivity index (χ3v) is 5.38. The van der Waals surface area contributed by atoms with E-state index in [1.54, 1.807) is 55.5 Å². The number of nitrogens with one attached hydrogen (secondary N) is 2. The molecule has 0 aliphatic rings. The molecule has 0 atom stereocenters. The number of rotatable bonds is 7. The normalized spacial score (nSPS) is 12.0. The van der Waals surface area contributed by atoms with Crippen molar-refractivity contribution >= 4 is 21.6 Å². The van der Waals surface area contributed by atoms with Gasteiger partial charge in [-0.05, 0) is 48.9 Å². The minimum atomic E-state index is -3.66. The van der Waals surface area contributed by atoms with E-state index in [0.717, 1.165) is 0 Å². The minimum absolute atomic E-state index is 0.0725. The van der Waals surface area contributed by atoms with Gasteiger partial charge in [0.25, 0.3) is 5.91 Å². The second kappa shape index (κ2) is 8.64. The number of furan rings is 1. The lowest BCUT2D eigenvalue weighted by atomic mass is 10.1. The van der Waals surface area contributed by atoms with Crippen molar-refractivity contribution in [2.45, 2.75) is 18.4 Å². The summed E-state index contributed by atoms with van der Waals surface area (Å²) >= 11 is 0. The first-order valence-corrected chi connectivity index (χ1v) is 9.96. The fraction of sp³-hybridized carbons (Fsp3) is 0.100. The van der Waals surface area contributed by atoms with E-state index in [0.29, 0.717) is 22.6 Å². The van der Waals surface area contributed by atoms with Crippen LogP contribution in [0.3, 0.4) is 0 Å². The smallest absolute Gasteiger partial charge is 0.271 e. The standard InChI is InChI=1S/C20H19N3O4S/c1-15(22-23-20(24)17-6-3-2-4-7-17)16-9-11-19(12-10-16)28(25,26)21-14-18-8-5-13-27-18/h2-13,21H,14H2,1H3,(H,23,24)/b22-15+. The molecule has 0 bridgehead atoms. The minimum Gasteiger partial charge on any atom is -0.468 e. The SMILES string of the molecule is C/C(=N\NC(=O)c1ccccc1)c1ccc(S(=O)(=O)NCc2ccco2)cc1. The summed E-state index contributed by atoms with van der Waals surface area (Å²) < 4.78 is 32.3. The zero-order chi connectivity index (χ0) is 20.0. The molecule has 8 heteroatoms. The highest BCUT2D eigenvalue weighted by Crippen LogP contribution is 2.12. The third kappa shape index (κ3) is 4.93. The zero-order valence-electron chi connectivity index (χ0n) is 15.1. The average Bonchev–Trinajstić information content (AvgIpc) is 3.25. The maximum Gasteiger partial charge on any atom is 0.271 e. The van der Waals surface area contributed by atoms with E-state index < -0.39 is 10.0 Å². The van der Waals surface area contributed by atoms with Crippen molar-refractivity contribution < 1.29 is 17.6 Å². The Morgan fingerprint density at radius 1 is 0.964 bits per heavy atom. The summed E-state index contributed by atoms with van der Waals surface area (Å²) in [4.78, 5) is 12.2. The molecule has 1 aromatic heterocycles. The van der Waals surface area contributed by atoms with Gasteiger partial charge in [0, 0.05) is 5.56 Å². The molecular formula is C20H19N3O4S. The Balaban J connectivity index is 1.65. The Morgan fingerprint density at radius 3 is 2.32 bits per heavy atom. The number of hydrazone groups is 1. The molecule has 2 aromatic carbocycles. The molecule has 1 heterocycles. The molecule has 2 N–H and O–H groups in total. The fourth-order valence-corrected chi connectivity index (χ4v) is 3.38. The van der Waals surface area contributed by atoms with Crippen molar-refractivity contribution in [3.05, 3.63) is 89.9 Å². The summed E-state index contributed by atoms with van der Waals surface area (Å²) in [6, 6.07) is 18.4. The number of hydrogen-bond donors (Lipinski definition) is 2. The van der Waals surface area contributed by atoms with E-state index in [1.807, 2.05) is 6.07 Å². The van der Waals surface area contributed by atoms with Crippen molar-refractivity contribution in [2.24, 2.45) is 5.10 Å². The van der Waals surface area contributed by atoms with Gasteiger partial charge in [0.05, 0.1) is 23.4 Å². The molecule has 3 rings (SSSR count).